The normalized spacial score (nSPS) is 11.5. The molecule has 10 heteroatoms. The Hall–Kier alpha value is -3.30. The van der Waals surface area contributed by atoms with Gasteiger partial charge in [-0.2, -0.15) is 5.10 Å². The molecule has 0 amide bonds. The molecule has 0 aliphatic carbocycles. The Labute approximate surface area is 171 Å². The summed E-state index contributed by atoms with van der Waals surface area (Å²) in [6.07, 6.45) is 0. The fourth-order valence-electron chi connectivity index (χ4n) is 2.82. The Morgan fingerprint density at radius 2 is 1.86 bits per heavy atom. The summed E-state index contributed by atoms with van der Waals surface area (Å²) in [5.41, 5.74) is 8.63. The van der Waals surface area contributed by atoms with Crippen LogP contribution in [0.15, 0.2) is 59.5 Å². The smallest absolute Gasteiger partial charge is 0.261 e. The van der Waals surface area contributed by atoms with Crippen LogP contribution < -0.4 is 15.2 Å². The van der Waals surface area contributed by atoms with Crippen molar-refractivity contribution in [3.63, 3.8) is 0 Å². The van der Waals surface area contributed by atoms with Gasteiger partial charge in [-0.1, -0.05) is 11.6 Å². The molecular weight excluding hydrogens is 414 g/mol. The van der Waals surface area contributed by atoms with E-state index in [1.165, 1.54) is 25.3 Å². The molecule has 8 nitrogen and oxygen atoms in total. The van der Waals surface area contributed by atoms with Crippen molar-refractivity contribution in [3.05, 3.63) is 59.6 Å². The lowest BCUT2D eigenvalue weighted by Gasteiger charge is -2.11. The van der Waals surface area contributed by atoms with E-state index in [0.717, 1.165) is 0 Å². The number of halogens is 1. The molecule has 0 aliphatic rings. The predicted octanol–water partition coefficient (Wildman–Crippen LogP) is 3.67. The molecule has 0 unspecified atom stereocenters. The number of pyridine rings is 1. The number of aromatic amines is 1. The first-order chi connectivity index (χ1) is 13.9. The van der Waals surface area contributed by atoms with Gasteiger partial charge in [0.2, 0.25) is 0 Å². The Balaban J connectivity index is 1.63. The summed E-state index contributed by atoms with van der Waals surface area (Å²) in [4.78, 5) is 4.59. The van der Waals surface area contributed by atoms with Gasteiger partial charge in [-0.3, -0.25) is 9.82 Å². The van der Waals surface area contributed by atoms with Gasteiger partial charge in [-0.25, -0.2) is 13.4 Å². The van der Waals surface area contributed by atoms with E-state index in [-0.39, 0.29) is 4.90 Å². The molecule has 0 spiro atoms. The average Bonchev–Trinajstić information content (AvgIpc) is 3.08. The average molecular weight is 430 g/mol. The first-order valence-electron chi connectivity index (χ1n) is 8.45. The number of sulfonamides is 1. The molecule has 2 heterocycles. The Morgan fingerprint density at radius 3 is 2.55 bits per heavy atom. The van der Waals surface area contributed by atoms with Crippen LogP contribution in [0.3, 0.4) is 0 Å². The maximum atomic E-state index is 12.6. The Kier molecular flexibility index (Phi) is 4.77. The van der Waals surface area contributed by atoms with Gasteiger partial charge >= 0.3 is 0 Å². The van der Waals surface area contributed by atoms with Crippen molar-refractivity contribution in [2.45, 2.75) is 4.90 Å². The Bertz CT molecular complexity index is 1300. The zero-order valence-corrected chi connectivity index (χ0v) is 16.8. The molecule has 4 N–H and O–H groups in total. The molecular formula is C19H16ClN5O3S. The molecule has 0 aliphatic heterocycles. The van der Waals surface area contributed by atoms with E-state index >= 15 is 0 Å². The van der Waals surface area contributed by atoms with Crippen LogP contribution in [0.25, 0.3) is 22.3 Å². The maximum Gasteiger partial charge on any atom is 0.261 e. The lowest BCUT2D eigenvalue weighted by Crippen LogP contribution is -2.12. The first kappa shape index (κ1) is 19.0. The minimum Gasteiger partial charge on any atom is -0.497 e. The van der Waals surface area contributed by atoms with Gasteiger partial charge in [0, 0.05) is 5.56 Å². The molecule has 0 atom stereocenters. The number of H-pyrrole nitrogens is 1. The molecule has 0 saturated carbocycles. The number of nitrogen functional groups attached to an aromatic ring is 1. The van der Waals surface area contributed by atoms with Crippen molar-refractivity contribution in [3.8, 4) is 17.0 Å². The van der Waals surface area contributed by atoms with E-state index in [4.69, 9.17) is 22.1 Å². The van der Waals surface area contributed by atoms with Crippen LogP contribution in [-0.2, 0) is 10.0 Å². The zero-order valence-electron chi connectivity index (χ0n) is 15.2. The van der Waals surface area contributed by atoms with E-state index in [1.54, 1.807) is 36.4 Å². The van der Waals surface area contributed by atoms with Gasteiger partial charge < -0.3 is 10.5 Å². The number of fused-ring (bicyclic) bond motifs is 1. The van der Waals surface area contributed by atoms with E-state index in [2.05, 4.69) is 19.9 Å². The van der Waals surface area contributed by atoms with E-state index in [9.17, 15) is 8.42 Å². The molecule has 0 fully saturated rings. The molecule has 148 valence electrons. The highest BCUT2D eigenvalue weighted by molar-refractivity contribution is 7.92. The third-order valence-corrected chi connectivity index (χ3v) is 6.01. The van der Waals surface area contributed by atoms with Gasteiger partial charge in [0.25, 0.3) is 10.0 Å². The number of nitrogens with zero attached hydrogens (tertiary/aromatic N) is 2. The van der Waals surface area contributed by atoms with Gasteiger partial charge in [-0.05, 0) is 54.6 Å². The van der Waals surface area contributed by atoms with Crippen LogP contribution in [0, 0.1) is 0 Å². The summed E-state index contributed by atoms with van der Waals surface area (Å²) in [6.45, 7) is 0. The summed E-state index contributed by atoms with van der Waals surface area (Å²) in [5, 5.41) is 7.04. The fourth-order valence-corrected chi connectivity index (χ4v) is 4.15. The highest BCUT2D eigenvalue weighted by Gasteiger charge is 2.16. The van der Waals surface area contributed by atoms with Crippen LogP contribution in [-0.4, -0.2) is 30.7 Å². The SMILES string of the molecule is COc1ccc(S(=O)(=O)Nc2ccc(-c3ccc4[nH]nc(N)c4n3)c(Cl)c2)cc1. The number of nitrogens with one attached hydrogen (secondary N) is 2. The second kappa shape index (κ2) is 7.26. The van der Waals surface area contributed by atoms with E-state index < -0.39 is 10.0 Å². The van der Waals surface area contributed by atoms with Crippen molar-refractivity contribution in [1.29, 1.82) is 0 Å². The maximum absolute atomic E-state index is 12.6. The molecule has 2 aromatic heterocycles. The van der Waals surface area contributed by atoms with Gasteiger partial charge in [0.05, 0.1) is 33.9 Å². The van der Waals surface area contributed by atoms with Crippen molar-refractivity contribution >= 4 is 44.2 Å². The molecule has 4 rings (SSSR count). The molecule has 0 saturated heterocycles. The summed E-state index contributed by atoms with van der Waals surface area (Å²) in [7, 11) is -2.26. The fraction of sp³-hybridized carbons (Fsp3) is 0.0526. The largest absolute Gasteiger partial charge is 0.497 e. The summed E-state index contributed by atoms with van der Waals surface area (Å²) in [5.74, 6) is 0.862. The zero-order chi connectivity index (χ0) is 20.6. The lowest BCUT2D eigenvalue weighted by molar-refractivity contribution is 0.414. The minimum absolute atomic E-state index is 0.112. The van der Waals surface area contributed by atoms with Crippen molar-refractivity contribution in [1.82, 2.24) is 15.2 Å². The Morgan fingerprint density at radius 1 is 1.10 bits per heavy atom. The van der Waals surface area contributed by atoms with Crippen molar-refractivity contribution < 1.29 is 13.2 Å². The number of rotatable bonds is 5. The monoisotopic (exact) mass is 429 g/mol. The van der Waals surface area contributed by atoms with Crippen molar-refractivity contribution in [2.24, 2.45) is 0 Å². The number of methoxy groups -OCH3 is 1. The van der Waals surface area contributed by atoms with E-state index in [0.29, 0.717) is 44.6 Å². The number of hydrogen-bond acceptors (Lipinski definition) is 6. The third kappa shape index (κ3) is 3.69. The quantitative estimate of drug-likeness (QED) is 0.444. The number of anilines is 2. The predicted molar refractivity (Wildman–Crippen MR) is 113 cm³/mol. The molecule has 2 aromatic carbocycles. The van der Waals surface area contributed by atoms with Gasteiger partial charge in [-0.15, -0.1) is 0 Å². The van der Waals surface area contributed by atoms with E-state index in [1.807, 2.05) is 0 Å². The standard InChI is InChI=1S/C19H16ClN5O3S/c1-28-12-3-5-13(6-4-12)29(26,27)25-11-2-7-14(15(20)10-11)16-8-9-17-18(22-16)19(21)24-23-17/h2-10,25H,1H3,(H3,21,23,24). The molecule has 29 heavy (non-hydrogen) atoms. The third-order valence-electron chi connectivity index (χ3n) is 4.30. The number of ether oxygens (including phenoxy) is 1. The highest BCUT2D eigenvalue weighted by Crippen LogP contribution is 2.31. The number of benzene rings is 2. The van der Waals surface area contributed by atoms with Crippen LogP contribution in [0.5, 0.6) is 5.75 Å². The van der Waals surface area contributed by atoms with Crippen LogP contribution >= 0.6 is 11.6 Å². The molecule has 4 aromatic rings. The number of aromatic nitrogens is 3. The van der Waals surface area contributed by atoms with Crippen LogP contribution in [0.4, 0.5) is 11.5 Å². The molecule has 0 bridgehead atoms. The highest BCUT2D eigenvalue weighted by atomic mass is 35.5. The second-order valence-corrected chi connectivity index (χ2v) is 8.27. The topological polar surface area (TPSA) is 123 Å². The molecule has 0 radical (unpaired) electrons. The lowest BCUT2D eigenvalue weighted by atomic mass is 10.1. The first-order valence-corrected chi connectivity index (χ1v) is 10.3. The van der Waals surface area contributed by atoms with Crippen LogP contribution in [0.1, 0.15) is 0 Å². The number of nitrogens with two attached hydrogens (primary N) is 1. The second-order valence-electron chi connectivity index (χ2n) is 6.18. The summed E-state index contributed by atoms with van der Waals surface area (Å²) in [6, 6.07) is 14.5. The van der Waals surface area contributed by atoms with Gasteiger partial charge in [0.1, 0.15) is 11.3 Å². The summed E-state index contributed by atoms with van der Waals surface area (Å²) < 4.78 is 32.7. The van der Waals surface area contributed by atoms with Crippen LogP contribution in [0.2, 0.25) is 5.02 Å². The number of hydrogen-bond donors (Lipinski definition) is 3. The summed E-state index contributed by atoms with van der Waals surface area (Å²) >= 11 is 6.40. The minimum atomic E-state index is -3.77. The van der Waals surface area contributed by atoms with Gasteiger partial charge in [0.15, 0.2) is 5.82 Å². The van der Waals surface area contributed by atoms with Crippen molar-refractivity contribution in [2.75, 3.05) is 17.6 Å².